The third-order valence-electron chi connectivity index (χ3n) is 6.00. The predicted molar refractivity (Wildman–Crippen MR) is 127 cm³/mol. The average molecular weight is 454 g/mol. The Morgan fingerprint density at radius 3 is 2.59 bits per heavy atom. The monoisotopic (exact) mass is 453 g/mol. The molecule has 168 valence electrons. The number of anilines is 2. The minimum atomic E-state index is -0.219. The average Bonchev–Trinajstić information content (AvgIpc) is 3.14. The van der Waals surface area contributed by atoms with E-state index in [4.69, 9.17) is 17.3 Å². The topological polar surface area (TPSA) is 102 Å². The second-order valence-electron chi connectivity index (χ2n) is 8.43. The van der Waals surface area contributed by atoms with Crippen molar-refractivity contribution < 1.29 is 9.59 Å². The Balaban J connectivity index is 1.41. The molecule has 0 radical (unpaired) electrons. The second kappa shape index (κ2) is 9.71. The Morgan fingerprint density at radius 2 is 1.88 bits per heavy atom. The highest BCUT2D eigenvalue weighted by Crippen LogP contribution is 2.27. The Hall–Kier alpha value is -2.90. The van der Waals surface area contributed by atoms with E-state index in [0.717, 1.165) is 49.8 Å². The second-order valence-corrected chi connectivity index (χ2v) is 8.84. The number of nitrogens with one attached hydrogen (secondary N) is 2. The molecule has 0 bridgehead atoms. The highest BCUT2D eigenvalue weighted by molar-refractivity contribution is 6.36. The summed E-state index contributed by atoms with van der Waals surface area (Å²) >= 11 is 6.14. The van der Waals surface area contributed by atoms with Crippen molar-refractivity contribution in [1.29, 1.82) is 0 Å². The van der Waals surface area contributed by atoms with Crippen molar-refractivity contribution in [3.05, 3.63) is 53.1 Å². The maximum absolute atomic E-state index is 12.6. The summed E-state index contributed by atoms with van der Waals surface area (Å²) in [7, 11) is 1.80. The molecule has 4 rings (SSSR count). The normalized spacial score (nSPS) is 20.8. The van der Waals surface area contributed by atoms with Crippen LogP contribution in [0.1, 0.15) is 38.5 Å². The molecule has 2 atom stereocenters. The molecule has 1 fully saturated rings. The lowest BCUT2D eigenvalue weighted by Gasteiger charge is -2.25. The molecule has 1 unspecified atom stereocenters. The zero-order valence-corrected chi connectivity index (χ0v) is 18.9. The van der Waals surface area contributed by atoms with Crippen molar-refractivity contribution in [1.82, 2.24) is 9.78 Å². The number of amides is 2. The number of hydrogen-bond donors (Lipinski definition) is 3. The van der Waals surface area contributed by atoms with E-state index < -0.39 is 0 Å². The lowest BCUT2D eigenvalue weighted by Crippen LogP contribution is -2.34. The van der Waals surface area contributed by atoms with Crippen molar-refractivity contribution in [2.75, 3.05) is 10.6 Å². The van der Waals surface area contributed by atoms with Gasteiger partial charge in [-0.15, -0.1) is 0 Å². The van der Waals surface area contributed by atoms with Gasteiger partial charge < -0.3 is 16.4 Å². The summed E-state index contributed by atoms with van der Waals surface area (Å²) in [6.45, 7) is 0. The molecule has 2 aliphatic carbocycles. The van der Waals surface area contributed by atoms with E-state index >= 15 is 0 Å². The van der Waals surface area contributed by atoms with E-state index in [-0.39, 0.29) is 23.8 Å². The van der Waals surface area contributed by atoms with Crippen molar-refractivity contribution >= 4 is 34.9 Å². The number of allylic oxidation sites excluding steroid dienone is 2. The molecule has 2 aromatic rings. The molecular formula is C24H28ClN5O2. The van der Waals surface area contributed by atoms with Crippen molar-refractivity contribution in [3.63, 3.8) is 0 Å². The Morgan fingerprint density at radius 1 is 1.12 bits per heavy atom. The van der Waals surface area contributed by atoms with E-state index in [0.29, 0.717) is 22.1 Å². The fourth-order valence-electron chi connectivity index (χ4n) is 4.19. The molecule has 1 heterocycles. The van der Waals surface area contributed by atoms with Crippen molar-refractivity contribution in [2.45, 2.75) is 44.6 Å². The fraction of sp³-hybridized carbons (Fsp3) is 0.375. The van der Waals surface area contributed by atoms with E-state index in [9.17, 15) is 9.59 Å². The zero-order chi connectivity index (χ0) is 22.7. The van der Waals surface area contributed by atoms with Gasteiger partial charge in [0, 0.05) is 41.4 Å². The number of halogens is 1. The van der Waals surface area contributed by atoms with Crippen LogP contribution in [0.3, 0.4) is 0 Å². The van der Waals surface area contributed by atoms with E-state index in [1.54, 1.807) is 11.7 Å². The highest BCUT2D eigenvalue weighted by Gasteiger charge is 2.26. The smallest absolute Gasteiger partial charge is 0.256 e. The molecule has 2 aliphatic rings. The quantitative estimate of drug-likeness (QED) is 0.627. The number of hydrogen-bond acceptors (Lipinski definition) is 4. The number of nitrogens with zero attached hydrogens (tertiary/aromatic N) is 2. The molecule has 2 amide bonds. The minimum absolute atomic E-state index is 0.00233. The molecule has 1 aromatic heterocycles. The summed E-state index contributed by atoms with van der Waals surface area (Å²) in [4.78, 5) is 25.1. The Labute approximate surface area is 192 Å². The van der Waals surface area contributed by atoms with Crippen LogP contribution >= 0.6 is 11.6 Å². The van der Waals surface area contributed by atoms with Gasteiger partial charge in [-0.05, 0) is 44.2 Å². The molecule has 32 heavy (non-hydrogen) atoms. The fourth-order valence-corrected chi connectivity index (χ4v) is 4.46. The SMILES string of the molecule is Cn1nc(-c2ccc(NC(=O)C3=CCCC=C3Cl)cc2)cc1NC(=O)C1CCC[C@@H](N)C1. The minimum Gasteiger partial charge on any atom is -0.328 e. The summed E-state index contributed by atoms with van der Waals surface area (Å²) in [6, 6.07) is 9.37. The molecule has 4 N–H and O–H groups in total. The predicted octanol–water partition coefficient (Wildman–Crippen LogP) is 4.32. The molecule has 1 saturated carbocycles. The Bertz CT molecular complexity index is 1070. The van der Waals surface area contributed by atoms with Crippen LogP contribution in [-0.2, 0) is 16.6 Å². The first kappa shape index (κ1) is 22.3. The lowest BCUT2D eigenvalue weighted by molar-refractivity contribution is -0.121. The number of aryl methyl sites for hydroxylation is 1. The number of rotatable bonds is 5. The van der Waals surface area contributed by atoms with Gasteiger partial charge in [0.2, 0.25) is 5.91 Å². The third kappa shape index (κ3) is 5.11. The van der Waals surface area contributed by atoms with Gasteiger partial charge in [0.1, 0.15) is 5.82 Å². The largest absolute Gasteiger partial charge is 0.328 e. The summed E-state index contributed by atoms with van der Waals surface area (Å²) in [5.74, 6) is 0.372. The Kier molecular flexibility index (Phi) is 6.77. The molecule has 0 aliphatic heterocycles. The third-order valence-corrected chi connectivity index (χ3v) is 6.35. The summed E-state index contributed by atoms with van der Waals surface area (Å²) in [5.41, 5.74) is 8.82. The first-order valence-corrected chi connectivity index (χ1v) is 11.4. The number of nitrogens with two attached hydrogens (primary N) is 1. The van der Waals surface area contributed by atoms with Crippen LogP contribution in [0.5, 0.6) is 0 Å². The van der Waals surface area contributed by atoms with E-state index in [2.05, 4.69) is 15.7 Å². The standard InChI is InChI=1S/C24H28ClN5O2/c1-30-22(28-23(31)16-5-4-6-17(26)13-16)14-21(29-30)15-9-11-18(12-10-15)27-24(32)19-7-2-3-8-20(19)25/h7-12,14,16-17H,2-6,13,26H2,1H3,(H,27,32)(H,28,31)/t16?,17-/m1/s1. The summed E-state index contributed by atoms with van der Waals surface area (Å²) in [5, 5.41) is 10.9. The van der Waals surface area contributed by atoms with Gasteiger partial charge in [-0.25, -0.2) is 0 Å². The van der Waals surface area contributed by atoms with Crippen LogP contribution in [0.25, 0.3) is 11.3 Å². The first-order valence-electron chi connectivity index (χ1n) is 11.0. The molecule has 7 nitrogen and oxygen atoms in total. The highest BCUT2D eigenvalue weighted by atomic mass is 35.5. The first-order chi connectivity index (χ1) is 15.4. The maximum Gasteiger partial charge on any atom is 0.256 e. The van der Waals surface area contributed by atoms with Gasteiger partial charge in [-0.1, -0.05) is 42.3 Å². The van der Waals surface area contributed by atoms with Crippen molar-refractivity contribution in [2.24, 2.45) is 18.7 Å². The summed E-state index contributed by atoms with van der Waals surface area (Å²) < 4.78 is 1.66. The van der Waals surface area contributed by atoms with Crippen LogP contribution in [0.2, 0.25) is 0 Å². The van der Waals surface area contributed by atoms with Gasteiger partial charge in [0.05, 0.1) is 11.3 Å². The molecule has 0 spiro atoms. The van der Waals surface area contributed by atoms with Gasteiger partial charge >= 0.3 is 0 Å². The maximum atomic E-state index is 12.6. The lowest BCUT2D eigenvalue weighted by atomic mass is 9.85. The van der Waals surface area contributed by atoms with Crippen LogP contribution in [0.15, 0.2) is 53.1 Å². The van der Waals surface area contributed by atoms with Crippen LogP contribution in [-0.4, -0.2) is 27.6 Å². The van der Waals surface area contributed by atoms with Crippen LogP contribution in [0.4, 0.5) is 11.5 Å². The number of benzene rings is 1. The van der Waals surface area contributed by atoms with Gasteiger partial charge in [-0.3, -0.25) is 14.3 Å². The van der Waals surface area contributed by atoms with E-state index in [1.807, 2.05) is 42.5 Å². The molecular weight excluding hydrogens is 426 g/mol. The van der Waals surface area contributed by atoms with Gasteiger partial charge in [-0.2, -0.15) is 5.10 Å². The number of carbonyl (C=O) groups is 2. The van der Waals surface area contributed by atoms with E-state index in [1.165, 1.54) is 0 Å². The number of carbonyl (C=O) groups excluding carboxylic acids is 2. The zero-order valence-electron chi connectivity index (χ0n) is 18.1. The van der Waals surface area contributed by atoms with Crippen LogP contribution < -0.4 is 16.4 Å². The van der Waals surface area contributed by atoms with Crippen molar-refractivity contribution in [3.8, 4) is 11.3 Å². The van der Waals surface area contributed by atoms with Gasteiger partial charge in [0.15, 0.2) is 0 Å². The van der Waals surface area contributed by atoms with Gasteiger partial charge in [0.25, 0.3) is 5.91 Å². The molecule has 1 aromatic carbocycles. The van der Waals surface area contributed by atoms with Crippen LogP contribution in [0, 0.1) is 5.92 Å². The summed E-state index contributed by atoms with van der Waals surface area (Å²) in [6.07, 6.45) is 8.94. The molecule has 8 heteroatoms. The number of aromatic nitrogens is 2. The molecule has 0 saturated heterocycles.